The topological polar surface area (TPSA) is 47.6 Å². The van der Waals surface area contributed by atoms with Crippen molar-refractivity contribution < 1.29 is 14.3 Å². The molecule has 1 aromatic rings. The average molecular weight is 277 g/mol. The molecule has 0 spiro atoms. The summed E-state index contributed by atoms with van der Waals surface area (Å²) < 4.78 is 11.0. The van der Waals surface area contributed by atoms with Crippen molar-refractivity contribution in [2.75, 3.05) is 25.1 Å². The number of carbonyl (C=O) groups excluding carboxylic acids is 1. The molecular weight excluding hydrogens is 254 g/mol. The smallest absolute Gasteiger partial charge is 0.224 e. The molecule has 1 aromatic carbocycles. The Bertz CT molecular complexity index is 467. The van der Waals surface area contributed by atoms with E-state index in [1.165, 1.54) is 5.56 Å². The Labute approximate surface area is 120 Å². The van der Waals surface area contributed by atoms with Crippen molar-refractivity contribution in [2.24, 2.45) is 5.92 Å². The van der Waals surface area contributed by atoms with Crippen LogP contribution in [0.2, 0.25) is 0 Å². The van der Waals surface area contributed by atoms with Crippen molar-refractivity contribution in [1.29, 1.82) is 0 Å². The van der Waals surface area contributed by atoms with Crippen LogP contribution in [0.15, 0.2) is 18.2 Å². The standard InChI is InChI=1S/C16H23NO3/c1-11-4-5-14(12(2)8-11)17-16(18)9-13(3)15-10-19-6-7-20-15/h4-5,8,13,15H,6-7,9-10H2,1-3H3,(H,17,18). The van der Waals surface area contributed by atoms with Gasteiger partial charge in [-0.15, -0.1) is 0 Å². The van der Waals surface area contributed by atoms with Crippen LogP contribution in [0.4, 0.5) is 5.69 Å². The molecule has 4 heteroatoms. The Balaban J connectivity index is 1.88. The number of benzene rings is 1. The fourth-order valence-corrected chi connectivity index (χ4v) is 2.41. The molecule has 4 nitrogen and oxygen atoms in total. The van der Waals surface area contributed by atoms with E-state index in [1.54, 1.807) is 0 Å². The second kappa shape index (κ2) is 6.86. The van der Waals surface area contributed by atoms with Crippen LogP contribution in [-0.2, 0) is 14.3 Å². The van der Waals surface area contributed by atoms with Gasteiger partial charge >= 0.3 is 0 Å². The van der Waals surface area contributed by atoms with Crippen LogP contribution in [0, 0.1) is 19.8 Å². The summed E-state index contributed by atoms with van der Waals surface area (Å²) in [6.07, 6.45) is 0.468. The number of anilines is 1. The van der Waals surface area contributed by atoms with E-state index >= 15 is 0 Å². The molecule has 20 heavy (non-hydrogen) atoms. The van der Waals surface area contributed by atoms with Gasteiger partial charge < -0.3 is 14.8 Å². The second-order valence-electron chi connectivity index (χ2n) is 5.53. The molecule has 1 N–H and O–H groups in total. The maximum Gasteiger partial charge on any atom is 0.224 e. The van der Waals surface area contributed by atoms with E-state index in [0.29, 0.717) is 26.2 Å². The van der Waals surface area contributed by atoms with E-state index in [4.69, 9.17) is 9.47 Å². The third-order valence-corrected chi connectivity index (χ3v) is 3.64. The van der Waals surface area contributed by atoms with Gasteiger partial charge in [-0.05, 0) is 31.4 Å². The Hall–Kier alpha value is -1.39. The van der Waals surface area contributed by atoms with Gasteiger partial charge in [-0.2, -0.15) is 0 Å². The first-order valence-corrected chi connectivity index (χ1v) is 7.12. The molecule has 1 heterocycles. The van der Waals surface area contributed by atoms with Crippen molar-refractivity contribution in [3.63, 3.8) is 0 Å². The molecule has 2 rings (SSSR count). The predicted molar refractivity (Wildman–Crippen MR) is 78.9 cm³/mol. The zero-order valence-electron chi connectivity index (χ0n) is 12.4. The Morgan fingerprint density at radius 3 is 2.85 bits per heavy atom. The highest BCUT2D eigenvalue weighted by Gasteiger charge is 2.23. The maximum absolute atomic E-state index is 12.1. The van der Waals surface area contributed by atoms with Crippen LogP contribution >= 0.6 is 0 Å². The summed E-state index contributed by atoms with van der Waals surface area (Å²) in [6, 6.07) is 6.02. The zero-order chi connectivity index (χ0) is 14.5. The Kier molecular flexibility index (Phi) is 5.15. The first kappa shape index (κ1) is 15.0. The molecule has 2 unspecified atom stereocenters. The predicted octanol–water partition coefficient (Wildman–Crippen LogP) is 2.68. The van der Waals surface area contributed by atoms with Gasteiger partial charge in [-0.25, -0.2) is 0 Å². The molecule has 110 valence electrons. The van der Waals surface area contributed by atoms with Crippen molar-refractivity contribution in [3.8, 4) is 0 Å². The molecule has 2 atom stereocenters. The molecule has 0 saturated carbocycles. The first-order chi connectivity index (χ1) is 9.56. The number of hydrogen-bond acceptors (Lipinski definition) is 3. The molecule has 0 aromatic heterocycles. The Morgan fingerprint density at radius 1 is 1.40 bits per heavy atom. The molecule has 0 radical (unpaired) electrons. The summed E-state index contributed by atoms with van der Waals surface area (Å²) in [6.45, 7) is 7.93. The highest BCUT2D eigenvalue weighted by Crippen LogP contribution is 2.19. The lowest BCUT2D eigenvalue weighted by molar-refractivity contribution is -0.125. The van der Waals surface area contributed by atoms with E-state index in [0.717, 1.165) is 11.3 Å². The number of nitrogens with one attached hydrogen (secondary N) is 1. The van der Waals surface area contributed by atoms with E-state index in [9.17, 15) is 4.79 Å². The molecule has 0 bridgehead atoms. The van der Waals surface area contributed by atoms with Gasteiger partial charge in [0.1, 0.15) is 0 Å². The monoisotopic (exact) mass is 277 g/mol. The second-order valence-corrected chi connectivity index (χ2v) is 5.53. The summed E-state index contributed by atoms with van der Waals surface area (Å²) in [4.78, 5) is 12.1. The van der Waals surface area contributed by atoms with Gasteiger partial charge in [0, 0.05) is 12.1 Å². The van der Waals surface area contributed by atoms with Crippen LogP contribution in [0.25, 0.3) is 0 Å². The molecule has 1 aliphatic heterocycles. The lowest BCUT2D eigenvalue weighted by atomic mass is 10.00. The van der Waals surface area contributed by atoms with Gasteiger partial charge in [0.2, 0.25) is 5.91 Å². The van der Waals surface area contributed by atoms with Crippen molar-refractivity contribution >= 4 is 11.6 Å². The van der Waals surface area contributed by atoms with Crippen molar-refractivity contribution in [2.45, 2.75) is 33.3 Å². The molecule has 1 fully saturated rings. The van der Waals surface area contributed by atoms with Gasteiger partial charge in [-0.1, -0.05) is 24.6 Å². The molecule has 1 saturated heterocycles. The minimum absolute atomic E-state index is 0.0219. The number of aryl methyl sites for hydroxylation is 2. The number of hydrogen-bond donors (Lipinski definition) is 1. The lowest BCUT2D eigenvalue weighted by Crippen LogP contribution is -2.35. The number of rotatable bonds is 4. The summed E-state index contributed by atoms with van der Waals surface area (Å²) in [5, 5.41) is 2.97. The lowest BCUT2D eigenvalue weighted by Gasteiger charge is -2.27. The van der Waals surface area contributed by atoms with Gasteiger partial charge in [0.05, 0.1) is 25.9 Å². The zero-order valence-corrected chi connectivity index (χ0v) is 12.4. The third-order valence-electron chi connectivity index (χ3n) is 3.64. The SMILES string of the molecule is Cc1ccc(NC(=O)CC(C)C2COCCO2)c(C)c1. The normalized spacial score (nSPS) is 20.4. The van der Waals surface area contributed by atoms with Crippen molar-refractivity contribution in [3.05, 3.63) is 29.3 Å². The van der Waals surface area contributed by atoms with Crippen LogP contribution in [-0.4, -0.2) is 31.8 Å². The summed E-state index contributed by atoms with van der Waals surface area (Å²) >= 11 is 0. The van der Waals surface area contributed by atoms with E-state index in [1.807, 2.05) is 32.9 Å². The van der Waals surface area contributed by atoms with Crippen molar-refractivity contribution in [1.82, 2.24) is 0 Å². The molecule has 1 aliphatic rings. The van der Waals surface area contributed by atoms with E-state index < -0.39 is 0 Å². The highest BCUT2D eigenvalue weighted by molar-refractivity contribution is 5.91. The Morgan fingerprint density at radius 2 is 2.20 bits per heavy atom. The highest BCUT2D eigenvalue weighted by atomic mass is 16.6. The maximum atomic E-state index is 12.1. The van der Waals surface area contributed by atoms with Gasteiger partial charge in [0.15, 0.2) is 0 Å². The van der Waals surface area contributed by atoms with E-state index in [-0.39, 0.29) is 17.9 Å². The van der Waals surface area contributed by atoms with Crippen LogP contribution in [0.1, 0.15) is 24.5 Å². The number of amides is 1. The van der Waals surface area contributed by atoms with Gasteiger partial charge in [0.25, 0.3) is 0 Å². The van der Waals surface area contributed by atoms with Gasteiger partial charge in [-0.3, -0.25) is 4.79 Å². The minimum atomic E-state index is 0.0219. The largest absolute Gasteiger partial charge is 0.376 e. The van der Waals surface area contributed by atoms with Crippen LogP contribution < -0.4 is 5.32 Å². The number of ether oxygens (including phenoxy) is 2. The minimum Gasteiger partial charge on any atom is -0.376 e. The molecule has 1 amide bonds. The summed E-state index contributed by atoms with van der Waals surface area (Å²) in [5.74, 6) is 0.180. The molecular formula is C16H23NO3. The number of carbonyl (C=O) groups is 1. The average Bonchev–Trinajstić information content (AvgIpc) is 2.43. The van der Waals surface area contributed by atoms with Crippen LogP contribution in [0.3, 0.4) is 0 Å². The van der Waals surface area contributed by atoms with E-state index in [2.05, 4.69) is 11.4 Å². The molecule has 0 aliphatic carbocycles. The van der Waals surface area contributed by atoms with Crippen LogP contribution in [0.5, 0.6) is 0 Å². The quantitative estimate of drug-likeness (QED) is 0.920. The fraction of sp³-hybridized carbons (Fsp3) is 0.562. The first-order valence-electron chi connectivity index (χ1n) is 7.12. The fourth-order valence-electron chi connectivity index (χ4n) is 2.41. The third kappa shape index (κ3) is 4.05. The summed E-state index contributed by atoms with van der Waals surface area (Å²) in [7, 11) is 0. The summed E-state index contributed by atoms with van der Waals surface area (Å²) in [5.41, 5.74) is 3.17.